The zero-order valence-corrected chi connectivity index (χ0v) is 10.6. The second kappa shape index (κ2) is 4.02. The molecule has 0 aliphatic heterocycles. The molecule has 90 valence electrons. The van der Waals surface area contributed by atoms with Gasteiger partial charge < -0.3 is 0 Å². The van der Waals surface area contributed by atoms with Gasteiger partial charge >= 0.3 is 0 Å². The van der Waals surface area contributed by atoms with Crippen LogP contribution in [-0.4, -0.2) is 15.0 Å². The molecule has 2 aromatic heterocycles. The average molecular weight is 237 g/mol. The van der Waals surface area contributed by atoms with E-state index in [-0.39, 0.29) is 5.41 Å². The van der Waals surface area contributed by atoms with Crippen molar-refractivity contribution in [1.82, 2.24) is 15.0 Å². The Balaban J connectivity index is 2.05. The lowest BCUT2D eigenvalue weighted by atomic mass is 9.82. The van der Waals surface area contributed by atoms with E-state index in [1.165, 1.54) is 0 Å². The number of pyridine rings is 1. The summed E-state index contributed by atoms with van der Waals surface area (Å²) < 4.78 is 0. The summed E-state index contributed by atoms with van der Waals surface area (Å²) in [5.41, 5.74) is 3.45. The lowest BCUT2D eigenvalue weighted by molar-refractivity contribution is 0.467. The van der Waals surface area contributed by atoms with Gasteiger partial charge in [-0.1, -0.05) is 26.0 Å². The predicted molar refractivity (Wildman–Crippen MR) is 71.8 cm³/mol. The summed E-state index contributed by atoms with van der Waals surface area (Å²) in [7, 11) is 0. The zero-order valence-electron chi connectivity index (χ0n) is 10.6. The van der Waals surface area contributed by atoms with Crippen LogP contribution in [-0.2, 0) is 6.42 Å². The van der Waals surface area contributed by atoms with Crippen molar-refractivity contribution in [3.63, 3.8) is 0 Å². The Bertz CT molecular complexity index is 600. The maximum absolute atomic E-state index is 4.69. The van der Waals surface area contributed by atoms with E-state index in [4.69, 9.17) is 0 Å². The van der Waals surface area contributed by atoms with Gasteiger partial charge in [0.2, 0.25) is 0 Å². The van der Waals surface area contributed by atoms with Crippen LogP contribution in [0.4, 0.5) is 0 Å². The van der Waals surface area contributed by atoms with Gasteiger partial charge in [-0.05, 0) is 24.0 Å². The molecule has 0 radical (unpaired) electrons. The monoisotopic (exact) mass is 237 g/mol. The number of rotatable bonds is 1. The molecule has 0 aromatic carbocycles. The summed E-state index contributed by atoms with van der Waals surface area (Å²) in [5, 5.41) is 0. The minimum Gasteiger partial charge on any atom is -0.265 e. The number of hydrogen-bond acceptors (Lipinski definition) is 3. The Morgan fingerprint density at radius 3 is 2.72 bits per heavy atom. The third kappa shape index (κ3) is 2.04. The van der Waals surface area contributed by atoms with E-state index in [1.54, 1.807) is 12.4 Å². The summed E-state index contributed by atoms with van der Waals surface area (Å²) in [6.45, 7) is 4.45. The average Bonchev–Trinajstić information content (AvgIpc) is 2.38. The molecule has 18 heavy (non-hydrogen) atoms. The van der Waals surface area contributed by atoms with Crippen LogP contribution in [0, 0.1) is 5.41 Å². The van der Waals surface area contributed by atoms with Crippen molar-refractivity contribution in [1.29, 1.82) is 0 Å². The van der Waals surface area contributed by atoms with Crippen LogP contribution < -0.4 is 0 Å². The van der Waals surface area contributed by atoms with Crippen molar-refractivity contribution in [3.05, 3.63) is 48.1 Å². The van der Waals surface area contributed by atoms with Crippen molar-refractivity contribution >= 4 is 6.08 Å². The van der Waals surface area contributed by atoms with Gasteiger partial charge in [0.1, 0.15) is 0 Å². The minimum absolute atomic E-state index is 0.177. The topological polar surface area (TPSA) is 38.7 Å². The van der Waals surface area contributed by atoms with Gasteiger partial charge in [-0.3, -0.25) is 4.98 Å². The van der Waals surface area contributed by atoms with Crippen molar-refractivity contribution in [2.45, 2.75) is 20.3 Å². The fourth-order valence-corrected chi connectivity index (χ4v) is 2.15. The van der Waals surface area contributed by atoms with Crippen LogP contribution in [0.5, 0.6) is 0 Å². The first-order valence-electron chi connectivity index (χ1n) is 6.10. The minimum atomic E-state index is 0.177. The second-order valence-electron chi connectivity index (χ2n) is 5.33. The van der Waals surface area contributed by atoms with E-state index in [2.05, 4.69) is 41.0 Å². The molecule has 0 bridgehead atoms. The molecule has 1 aliphatic rings. The second-order valence-corrected chi connectivity index (χ2v) is 5.33. The Morgan fingerprint density at radius 2 is 1.94 bits per heavy atom. The van der Waals surface area contributed by atoms with Crippen LogP contribution in [0.2, 0.25) is 0 Å². The van der Waals surface area contributed by atoms with Crippen molar-refractivity contribution < 1.29 is 0 Å². The molecule has 0 saturated heterocycles. The third-order valence-corrected chi connectivity index (χ3v) is 3.18. The van der Waals surface area contributed by atoms with Crippen LogP contribution in [0.1, 0.15) is 25.1 Å². The fraction of sp³-hybridized carbons (Fsp3) is 0.267. The molecule has 3 rings (SSSR count). The molecular weight excluding hydrogens is 222 g/mol. The van der Waals surface area contributed by atoms with Gasteiger partial charge in [0.25, 0.3) is 0 Å². The molecule has 0 N–H and O–H groups in total. The van der Waals surface area contributed by atoms with Gasteiger partial charge in [-0.15, -0.1) is 0 Å². The highest BCUT2D eigenvalue weighted by molar-refractivity contribution is 5.59. The molecule has 1 aliphatic carbocycles. The largest absolute Gasteiger partial charge is 0.265 e. The predicted octanol–water partition coefficient (Wildman–Crippen LogP) is 3.13. The van der Waals surface area contributed by atoms with Crippen LogP contribution in [0.25, 0.3) is 17.5 Å². The van der Waals surface area contributed by atoms with E-state index in [1.807, 2.05) is 18.3 Å². The lowest BCUT2D eigenvalue weighted by Gasteiger charge is -2.24. The number of nitrogens with zero attached hydrogens (tertiary/aromatic N) is 3. The highest BCUT2D eigenvalue weighted by Gasteiger charge is 2.22. The number of fused-ring (bicyclic) bond motifs is 1. The Kier molecular flexibility index (Phi) is 2.47. The standard InChI is InChI=1S/C15H15N3/c1-15(2)6-3-12-10-17-14(18-13(12)9-15)11-4-7-16-8-5-11/h3-8,10H,9H2,1-2H3. The molecule has 0 saturated carbocycles. The molecule has 0 fully saturated rings. The summed E-state index contributed by atoms with van der Waals surface area (Å²) in [6.07, 6.45) is 10.7. The first kappa shape index (κ1) is 11.1. The van der Waals surface area contributed by atoms with Gasteiger partial charge in [0.15, 0.2) is 5.82 Å². The fourth-order valence-electron chi connectivity index (χ4n) is 2.15. The smallest absolute Gasteiger partial charge is 0.159 e. The Hall–Kier alpha value is -2.03. The van der Waals surface area contributed by atoms with Gasteiger partial charge in [0.05, 0.1) is 5.69 Å². The molecule has 3 nitrogen and oxygen atoms in total. The normalized spacial score (nSPS) is 16.3. The molecule has 2 heterocycles. The molecule has 0 spiro atoms. The van der Waals surface area contributed by atoms with Crippen LogP contribution in [0.3, 0.4) is 0 Å². The first-order chi connectivity index (χ1) is 8.64. The van der Waals surface area contributed by atoms with E-state index in [9.17, 15) is 0 Å². The Morgan fingerprint density at radius 1 is 1.17 bits per heavy atom. The first-order valence-corrected chi connectivity index (χ1v) is 6.10. The molecule has 0 unspecified atom stereocenters. The quantitative estimate of drug-likeness (QED) is 0.764. The third-order valence-electron chi connectivity index (χ3n) is 3.18. The van der Waals surface area contributed by atoms with Crippen LogP contribution >= 0.6 is 0 Å². The maximum Gasteiger partial charge on any atom is 0.159 e. The van der Waals surface area contributed by atoms with E-state index in [0.717, 1.165) is 29.1 Å². The Labute approximate surface area is 107 Å². The van der Waals surface area contributed by atoms with Gasteiger partial charge in [-0.25, -0.2) is 9.97 Å². The van der Waals surface area contributed by atoms with E-state index >= 15 is 0 Å². The summed E-state index contributed by atoms with van der Waals surface area (Å²) in [4.78, 5) is 13.1. The summed E-state index contributed by atoms with van der Waals surface area (Å²) >= 11 is 0. The molecule has 2 aromatic rings. The highest BCUT2D eigenvalue weighted by atomic mass is 14.9. The van der Waals surface area contributed by atoms with Crippen molar-refractivity contribution in [2.75, 3.05) is 0 Å². The molecular formula is C15H15N3. The van der Waals surface area contributed by atoms with Gasteiger partial charge in [0, 0.05) is 29.7 Å². The number of aromatic nitrogens is 3. The summed E-state index contributed by atoms with van der Waals surface area (Å²) in [6, 6.07) is 3.87. The van der Waals surface area contributed by atoms with E-state index in [0.29, 0.717) is 0 Å². The SMILES string of the molecule is CC1(C)C=Cc2cnc(-c3ccncc3)nc2C1. The summed E-state index contributed by atoms with van der Waals surface area (Å²) in [5.74, 6) is 0.780. The lowest BCUT2D eigenvalue weighted by Crippen LogP contribution is -2.17. The zero-order chi connectivity index (χ0) is 12.6. The van der Waals surface area contributed by atoms with Gasteiger partial charge in [-0.2, -0.15) is 0 Å². The van der Waals surface area contributed by atoms with Crippen LogP contribution in [0.15, 0.2) is 36.8 Å². The number of allylic oxidation sites excluding steroid dienone is 1. The molecule has 0 amide bonds. The maximum atomic E-state index is 4.69. The van der Waals surface area contributed by atoms with Crippen molar-refractivity contribution in [2.24, 2.45) is 5.41 Å². The molecule has 0 atom stereocenters. The molecule has 3 heteroatoms. The highest BCUT2D eigenvalue weighted by Crippen LogP contribution is 2.31. The van der Waals surface area contributed by atoms with E-state index < -0.39 is 0 Å². The van der Waals surface area contributed by atoms with Crippen molar-refractivity contribution in [3.8, 4) is 11.4 Å². The number of hydrogen-bond donors (Lipinski definition) is 0.